The first-order valence-corrected chi connectivity index (χ1v) is 5.00. The molecule has 0 spiro atoms. The van der Waals surface area contributed by atoms with Gasteiger partial charge in [-0.05, 0) is 41.6 Å². The molecule has 1 aromatic carbocycles. The Labute approximate surface area is 90.8 Å². The summed E-state index contributed by atoms with van der Waals surface area (Å²) in [6.07, 6.45) is 0. The SMILES string of the molecule is C[C@@H](N)C(=O)Nc1ccccc1I. The summed E-state index contributed by atoms with van der Waals surface area (Å²) in [6.45, 7) is 1.66. The Kier molecular flexibility index (Phi) is 3.68. The molecular weight excluding hydrogens is 279 g/mol. The van der Waals surface area contributed by atoms with Crippen LogP contribution in [0.3, 0.4) is 0 Å². The van der Waals surface area contributed by atoms with Gasteiger partial charge in [-0.15, -0.1) is 0 Å². The molecule has 1 amide bonds. The van der Waals surface area contributed by atoms with E-state index in [0.29, 0.717) is 0 Å². The van der Waals surface area contributed by atoms with Gasteiger partial charge in [-0.1, -0.05) is 12.1 Å². The summed E-state index contributed by atoms with van der Waals surface area (Å²) in [5, 5.41) is 2.74. The first-order valence-electron chi connectivity index (χ1n) is 3.92. The lowest BCUT2D eigenvalue weighted by Gasteiger charge is -2.08. The fourth-order valence-electron chi connectivity index (χ4n) is 0.809. The highest BCUT2D eigenvalue weighted by atomic mass is 127. The third-order valence-electron chi connectivity index (χ3n) is 1.55. The predicted octanol–water partition coefficient (Wildman–Crippen LogP) is 1.58. The van der Waals surface area contributed by atoms with Gasteiger partial charge in [0.1, 0.15) is 0 Å². The van der Waals surface area contributed by atoms with Crippen molar-refractivity contribution in [3.63, 3.8) is 0 Å². The molecular formula is C9H11IN2O. The lowest BCUT2D eigenvalue weighted by atomic mass is 10.3. The number of hydrogen-bond donors (Lipinski definition) is 2. The maximum absolute atomic E-state index is 11.2. The molecule has 0 saturated carbocycles. The van der Waals surface area contributed by atoms with Crippen LogP contribution >= 0.6 is 22.6 Å². The number of halogens is 1. The van der Waals surface area contributed by atoms with E-state index >= 15 is 0 Å². The zero-order chi connectivity index (χ0) is 9.84. The molecule has 13 heavy (non-hydrogen) atoms. The molecule has 0 radical (unpaired) electrons. The number of anilines is 1. The minimum atomic E-state index is -0.476. The Hall–Kier alpha value is -0.620. The van der Waals surface area contributed by atoms with Crippen LogP contribution in [-0.4, -0.2) is 11.9 Å². The minimum Gasteiger partial charge on any atom is -0.324 e. The number of rotatable bonds is 2. The predicted molar refractivity (Wildman–Crippen MR) is 61.4 cm³/mol. The summed E-state index contributed by atoms with van der Waals surface area (Å²) in [4.78, 5) is 11.2. The number of benzene rings is 1. The van der Waals surface area contributed by atoms with E-state index in [1.165, 1.54) is 0 Å². The molecule has 4 heteroatoms. The quantitative estimate of drug-likeness (QED) is 0.812. The summed E-state index contributed by atoms with van der Waals surface area (Å²) in [5.74, 6) is -0.163. The van der Waals surface area contributed by atoms with Crippen molar-refractivity contribution >= 4 is 34.2 Å². The Balaban J connectivity index is 2.75. The van der Waals surface area contributed by atoms with E-state index in [1.54, 1.807) is 6.92 Å². The van der Waals surface area contributed by atoms with E-state index in [0.717, 1.165) is 9.26 Å². The molecule has 3 N–H and O–H groups in total. The summed E-state index contributed by atoms with van der Waals surface area (Å²) in [5.41, 5.74) is 6.23. The fourth-order valence-corrected chi connectivity index (χ4v) is 1.33. The highest BCUT2D eigenvalue weighted by Gasteiger charge is 2.08. The number of amides is 1. The molecule has 0 bridgehead atoms. The normalized spacial score (nSPS) is 12.2. The number of carbonyl (C=O) groups is 1. The van der Waals surface area contributed by atoms with Gasteiger partial charge in [0.25, 0.3) is 0 Å². The van der Waals surface area contributed by atoms with E-state index in [-0.39, 0.29) is 5.91 Å². The highest BCUT2D eigenvalue weighted by Crippen LogP contribution is 2.16. The third-order valence-corrected chi connectivity index (χ3v) is 2.49. The summed E-state index contributed by atoms with van der Waals surface area (Å²) in [6, 6.07) is 7.10. The van der Waals surface area contributed by atoms with Crippen molar-refractivity contribution in [2.75, 3.05) is 5.32 Å². The fraction of sp³-hybridized carbons (Fsp3) is 0.222. The Morgan fingerprint density at radius 1 is 1.54 bits per heavy atom. The molecule has 0 fully saturated rings. The van der Waals surface area contributed by atoms with Gasteiger partial charge in [0.05, 0.1) is 11.7 Å². The van der Waals surface area contributed by atoms with Crippen LogP contribution in [0.1, 0.15) is 6.92 Å². The van der Waals surface area contributed by atoms with Gasteiger partial charge >= 0.3 is 0 Å². The standard InChI is InChI=1S/C9H11IN2O/c1-6(11)9(13)12-8-5-3-2-4-7(8)10/h2-6H,11H2,1H3,(H,12,13)/t6-/m1/s1. The van der Waals surface area contributed by atoms with Gasteiger partial charge in [-0.2, -0.15) is 0 Å². The van der Waals surface area contributed by atoms with Crippen molar-refractivity contribution in [2.24, 2.45) is 5.73 Å². The van der Waals surface area contributed by atoms with Crippen molar-refractivity contribution in [3.05, 3.63) is 27.8 Å². The van der Waals surface area contributed by atoms with Gasteiger partial charge in [0.15, 0.2) is 0 Å². The largest absolute Gasteiger partial charge is 0.324 e. The zero-order valence-electron chi connectivity index (χ0n) is 7.25. The molecule has 0 aliphatic heterocycles. The molecule has 1 aromatic rings. The minimum absolute atomic E-state index is 0.163. The Morgan fingerprint density at radius 2 is 2.15 bits per heavy atom. The number of carbonyl (C=O) groups excluding carboxylic acids is 1. The topological polar surface area (TPSA) is 55.1 Å². The molecule has 0 unspecified atom stereocenters. The van der Waals surface area contributed by atoms with Crippen molar-refractivity contribution in [1.29, 1.82) is 0 Å². The van der Waals surface area contributed by atoms with Crippen molar-refractivity contribution in [3.8, 4) is 0 Å². The second kappa shape index (κ2) is 4.57. The van der Waals surface area contributed by atoms with E-state index in [2.05, 4.69) is 27.9 Å². The van der Waals surface area contributed by atoms with E-state index in [1.807, 2.05) is 24.3 Å². The van der Waals surface area contributed by atoms with Crippen LogP contribution in [0.5, 0.6) is 0 Å². The lowest BCUT2D eigenvalue weighted by Crippen LogP contribution is -2.32. The van der Waals surface area contributed by atoms with E-state index in [4.69, 9.17) is 5.73 Å². The molecule has 0 aliphatic rings. The number of hydrogen-bond acceptors (Lipinski definition) is 2. The second-order valence-electron chi connectivity index (χ2n) is 2.76. The Morgan fingerprint density at radius 3 is 2.69 bits per heavy atom. The van der Waals surface area contributed by atoms with E-state index < -0.39 is 6.04 Å². The molecule has 0 heterocycles. The van der Waals surface area contributed by atoms with Crippen LogP contribution in [0.25, 0.3) is 0 Å². The van der Waals surface area contributed by atoms with Gasteiger partial charge < -0.3 is 11.1 Å². The van der Waals surface area contributed by atoms with Crippen LogP contribution in [-0.2, 0) is 4.79 Å². The average Bonchev–Trinajstić information content (AvgIpc) is 2.08. The smallest absolute Gasteiger partial charge is 0.241 e. The number of nitrogens with one attached hydrogen (secondary N) is 1. The van der Waals surface area contributed by atoms with Gasteiger partial charge in [0.2, 0.25) is 5.91 Å². The summed E-state index contributed by atoms with van der Waals surface area (Å²) in [7, 11) is 0. The van der Waals surface area contributed by atoms with Gasteiger partial charge in [-0.3, -0.25) is 4.79 Å². The van der Waals surface area contributed by atoms with E-state index in [9.17, 15) is 4.79 Å². The van der Waals surface area contributed by atoms with Crippen LogP contribution < -0.4 is 11.1 Å². The Bertz CT molecular complexity index is 312. The molecule has 0 aliphatic carbocycles. The molecule has 3 nitrogen and oxygen atoms in total. The maximum Gasteiger partial charge on any atom is 0.241 e. The molecule has 0 saturated heterocycles. The number of para-hydroxylation sites is 1. The number of nitrogens with two attached hydrogens (primary N) is 1. The summed E-state index contributed by atoms with van der Waals surface area (Å²) < 4.78 is 1.01. The second-order valence-corrected chi connectivity index (χ2v) is 3.92. The van der Waals surface area contributed by atoms with Crippen LogP contribution in [0, 0.1) is 3.57 Å². The van der Waals surface area contributed by atoms with Crippen molar-refractivity contribution in [1.82, 2.24) is 0 Å². The van der Waals surface area contributed by atoms with Crippen LogP contribution in [0.15, 0.2) is 24.3 Å². The van der Waals surface area contributed by atoms with Crippen LogP contribution in [0.2, 0.25) is 0 Å². The molecule has 0 aromatic heterocycles. The first-order chi connectivity index (χ1) is 6.11. The lowest BCUT2D eigenvalue weighted by molar-refractivity contribution is -0.117. The molecule has 70 valence electrons. The van der Waals surface area contributed by atoms with Crippen molar-refractivity contribution < 1.29 is 4.79 Å². The molecule has 1 rings (SSSR count). The summed E-state index contributed by atoms with van der Waals surface area (Å²) >= 11 is 2.16. The van der Waals surface area contributed by atoms with Gasteiger partial charge in [-0.25, -0.2) is 0 Å². The van der Waals surface area contributed by atoms with Gasteiger partial charge in [0, 0.05) is 3.57 Å². The average molecular weight is 290 g/mol. The molecule has 1 atom stereocenters. The van der Waals surface area contributed by atoms with Crippen LogP contribution in [0.4, 0.5) is 5.69 Å². The van der Waals surface area contributed by atoms with Crippen molar-refractivity contribution in [2.45, 2.75) is 13.0 Å². The maximum atomic E-state index is 11.2. The first kappa shape index (κ1) is 10.5. The highest BCUT2D eigenvalue weighted by molar-refractivity contribution is 14.1. The monoisotopic (exact) mass is 290 g/mol. The zero-order valence-corrected chi connectivity index (χ0v) is 9.41. The third kappa shape index (κ3) is 2.96.